The molecular formula is C12H9ClF2N2O. The minimum atomic E-state index is -0.852. The molecule has 6 heteroatoms. The van der Waals surface area contributed by atoms with Crippen molar-refractivity contribution in [3.05, 3.63) is 52.3 Å². The molecule has 0 spiro atoms. The van der Waals surface area contributed by atoms with Gasteiger partial charge >= 0.3 is 0 Å². The lowest BCUT2D eigenvalue weighted by Crippen LogP contribution is -2.12. The van der Waals surface area contributed by atoms with E-state index < -0.39 is 17.4 Å². The van der Waals surface area contributed by atoms with Gasteiger partial charge in [-0.2, -0.15) is 5.10 Å². The Morgan fingerprint density at radius 1 is 1.39 bits per heavy atom. The number of aromatic nitrogens is 2. The number of ketones is 1. The van der Waals surface area contributed by atoms with Gasteiger partial charge in [0, 0.05) is 12.7 Å². The Morgan fingerprint density at radius 3 is 2.78 bits per heavy atom. The highest BCUT2D eigenvalue weighted by atomic mass is 35.5. The van der Waals surface area contributed by atoms with Crippen LogP contribution in [0.4, 0.5) is 8.78 Å². The van der Waals surface area contributed by atoms with E-state index in [2.05, 4.69) is 5.10 Å². The molecule has 18 heavy (non-hydrogen) atoms. The Morgan fingerprint density at radius 2 is 2.11 bits per heavy atom. The third-order valence-corrected chi connectivity index (χ3v) is 2.79. The molecule has 0 unspecified atom stereocenters. The van der Waals surface area contributed by atoms with Crippen molar-refractivity contribution in [3.63, 3.8) is 0 Å². The monoisotopic (exact) mass is 270 g/mol. The molecule has 0 radical (unpaired) electrons. The number of nitrogens with zero attached hydrogens (tertiary/aromatic N) is 2. The van der Waals surface area contributed by atoms with E-state index in [0.717, 1.165) is 12.1 Å². The molecule has 2 aromatic rings. The third kappa shape index (κ3) is 2.13. The van der Waals surface area contributed by atoms with Gasteiger partial charge in [-0.05, 0) is 25.1 Å². The van der Waals surface area contributed by atoms with Crippen LogP contribution in [0.3, 0.4) is 0 Å². The van der Waals surface area contributed by atoms with Gasteiger partial charge in [-0.3, -0.25) is 9.48 Å². The summed E-state index contributed by atoms with van der Waals surface area (Å²) in [5.74, 6) is -2.30. The van der Waals surface area contributed by atoms with Crippen molar-refractivity contribution >= 4 is 17.4 Å². The van der Waals surface area contributed by atoms with Gasteiger partial charge in [0.1, 0.15) is 17.3 Å². The molecule has 0 saturated heterocycles. The van der Waals surface area contributed by atoms with Crippen molar-refractivity contribution in [3.8, 4) is 0 Å². The summed E-state index contributed by atoms with van der Waals surface area (Å²) in [6.07, 6.45) is 1.43. The lowest BCUT2D eigenvalue weighted by atomic mass is 10.1. The Labute approximate surface area is 107 Å². The van der Waals surface area contributed by atoms with E-state index in [1.54, 1.807) is 6.92 Å². The molecular weight excluding hydrogens is 262 g/mol. The van der Waals surface area contributed by atoms with Crippen LogP contribution in [0.15, 0.2) is 24.4 Å². The molecule has 1 aromatic carbocycles. The molecule has 94 valence electrons. The van der Waals surface area contributed by atoms with Crippen LogP contribution in [0, 0.1) is 11.6 Å². The zero-order valence-corrected chi connectivity index (χ0v) is 10.2. The average Bonchev–Trinajstić information content (AvgIpc) is 2.81. The third-order valence-electron chi connectivity index (χ3n) is 2.50. The molecule has 0 aliphatic carbocycles. The molecule has 2 rings (SSSR count). The first kappa shape index (κ1) is 12.7. The van der Waals surface area contributed by atoms with Gasteiger partial charge in [0.2, 0.25) is 5.78 Å². The van der Waals surface area contributed by atoms with Crippen molar-refractivity contribution < 1.29 is 13.6 Å². The topological polar surface area (TPSA) is 34.9 Å². The fourth-order valence-corrected chi connectivity index (χ4v) is 1.76. The summed E-state index contributed by atoms with van der Waals surface area (Å²) < 4.78 is 28.3. The highest BCUT2D eigenvalue weighted by Gasteiger charge is 2.19. The van der Waals surface area contributed by atoms with E-state index >= 15 is 0 Å². The van der Waals surface area contributed by atoms with E-state index in [1.807, 2.05) is 0 Å². The van der Waals surface area contributed by atoms with Gasteiger partial charge in [0.15, 0.2) is 0 Å². The number of halogens is 3. The van der Waals surface area contributed by atoms with Crippen LogP contribution in [0.25, 0.3) is 0 Å². The van der Waals surface area contributed by atoms with Gasteiger partial charge in [-0.25, -0.2) is 8.78 Å². The number of hydrogen-bond donors (Lipinski definition) is 0. The van der Waals surface area contributed by atoms with Crippen LogP contribution in [-0.4, -0.2) is 15.6 Å². The van der Waals surface area contributed by atoms with Gasteiger partial charge in [-0.1, -0.05) is 11.6 Å². The number of carbonyl (C=O) groups excluding carboxylic acids is 1. The van der Waals surface area contributed by atoms with Crippen LogP contribution in [0.1, 0.15) is 23.0 Å². The standard InChI is InChI=1S/C12H9ClF2N2O/c1-2-17-11(3-4-16-17)12(18)7-5-10(15)8(13)6-9(7)14/h3-6H,2H2,1H3. The lowest BCUT2D eigenvalue weighted by Gasteiger charge is -2.06. The molecule has 3 nitrogen and oxygen atoms in total. The van der Waals surface area contributed by atoms with Crippen LogP contribution in [-0.2, 0) is 6.54 Å². The first-order valence-corrected chi connectivity index (χ1v) is 5.63. The van der Waals surface area contributed by atoms with E-state index in [1.165, 1.54) is 16.9 Å². The Kier molecular flexibility index (Phi) is 3.43. The number of carbonyl (C=O) groups is 1. The van der Waals surface area contributed by atoms with Crippen molar-refractivity contribution in [2.75, 3.05) is 0 Å². The van der Waals surface area contributed by atoms with E-state index in [9.17, 15) is 13.6 Å². The zero-order chi connectivity index (χ0) is 13.3. The van der Waals surface area contributed by atoms with Crippen LogP contribution in [0.5, 0.6) is 0 Å². The van der Waals surface area contributed by atoms with Crippen molar-refractivity contribution in [2.45, 2.75) is 13.5 Å². The molecule has 0 N–H and O–H groups in total. The molecule has 0 atom stereocenters. The Balaban J connectivity index is 2.50. The summed E-state index contributed by atoms with van der Waals surface area (Å²) in [6.45, 7) is 2.26. The maximum atomic E-state index is 13.6. The quantitative estimate of drug-likeness (QED) is 0.635. The summed E-state index contributed by atoms with van der Waals surface area (Å²) in [7, 11) is 0. The Hall–Kier alpha value is -1.75. The summed E-state index contributed by atoms with van der Waals surface area (Å²) >= 11 is 5.43. The minimum absolute atomic E-state index is 0.207. The fourth-order valence-electron chi connectivity index (χ4n) is 1.61. The second kappa shape index (κ2) is 4.86. The van der Waals surface area contributed by atoms with Crippen molar-refractivity contribution in [1.29, 1.82) is 0 Å². The van der Waals surface area contributed by atoms with Crippen LogP contribution in [0.2, 0.25) is 5.02 Å². The van der Waals surface area contributed by atoms with E-state index in [-0.39, 0.29) is 16.3 Å². The predicted octanol–water partition coefficient (Wildman–Crippen LogP) is 3.07. The molecule has 0 saturated carbocycles. The second-order valence-electron chi connectivity index (χ2n) is 3.61. The zero-order valence-electron chi connectivity index (χ0n) is 9.45. The normalized spacial score (nSPS) is 10.7. The highest BCUT2D eigenvalue weighted by Crippen LogP contribution is 2.21. The summed E-state index contributed by atoms with van der Waals surface area (Å²) in [6, 6.07) is 3.04. The number of aryl methyl sites for hydroxylation is 1. The fraction of sp³-hybridized carbons (Fsp3) is 0.167. The molecule has 1 aromatic heterocycles. The molecule has 0 aliphatic rings. The molecule has 0 bridgehead atoms. The van der Waals surface area contributed by atoms with Crippen molar-refractivity contribution in [1.82, 2.24) is 9.78 Å². The maximum absolute atomic E-state index is 13.6. The van der Waals surface area contributed by atoms with Gasteiger partial charge in [0.05, 0.1) is 10.6 Å². The molecule has 0 amide bonds. The molecule has 0 fully saturated rings. The number of rotatable bonds is 3. The lowest BCUT2D eigenvalue weighted by molar-refractivity contribution is 0.102. The van der Waals surface area contributed by atoms with Crippen LogP contribution >= 0.6 is 11.6 Å². The minimum Gasteiger partial charge on any atom is -0.287 e. The van der Waals surface area contributed by atoms with Crippen molar-refractivity contribution in [2.24, 2.45) is 0 Å². The first-order valence-electron chi connectivity index (χ1n) is 5.25. The van der Waals surface area contributed by atoms with E-state index in [4.69, 9.17) is 11.6 Å². The summed E-state index contributed by atoms with van der Waals surface area (Å²) in [5.41, 5.74) is -0.148. The molecule has 1 heterocycles. The van der Waals surface area contributed by atoms with Gasteiger partial charge in [-0.15, -0.1) is 0 Å². The van der Waals surface area contributed by atoms with Gasteiger partial charge < -0.3 is 0 Å². The number of benzene rings is 1. The number of hydrogen-bond acceptors (Lipinski definition) is 2. The smallest absolute Gasteiger partial charge is 0.214 e. The average molecular weight is 271 g/mol. The van der Waals surface area contributed by atoms with Crippen LogP contribution < -0.4 is 0 Å². The summed E-state index contributed by atoms with van der Waals surface area (Å²) in [4.78, 5) is 12.1. The SMILES string of the molecule is CCn1nccc1C(=O)c1cc(F)c(Cl)cc1F. The second-order valence-corrected chi connectivity index (χ2v) is 4.01. The summed E-state index contributed by atoms with van der Waals surface area (Å²) in [5, 5.41) is 3.55. The van der Waals surface area contributed by atoms with E-state index in [0.29, 0.717) is 6.54 Å². The first-order chi connectivity index (χ1) is 8.54. The maximum Gasteiger partial charge on any atom is 0.214 e. The molecule has 0 aliphatic heterocycles. The predicted molar refractivity (Wildman–Crippen MR) is 62.7 cm³/mol. The largest absolute Gasteiger partial charge is 0.287 e. The Bertz CT molecular complexity index is 610. The highest BCUT2D eigenvalue weighted by molar-refractivity contribution is 6.30. The van der Waals surface area contributed by atoms with Gasteiger partial charge in [0.25, 0.3) is 0 Å².